The van der Waals surface area contributed by atoms with Gasteiger partial charge in [0.05, 0.1) is 22.4 Å². The Hall–Kier alpha value is -2.04. The Bertz CT molecular complexity index is 948. The molecule has 0 N–H and O–H groups in total. The van der Waals surface area contributed by atoms with Crippen LogP contribution in [0.1, 0.15) is 36.1 Å². The number of nitrogens with zero attached hydrogens (tertiary/aromatic N) is 6. The van der Waals surface area contributed by atoms with Gasteiger partial charge in [-0.15, -0.1) is 27.8 Å². The Morgan fingerprint density at radius 2 is 2.11 bits per heavy atom. The molecule has 10 heteroatoms. The van der Waals surface area contributed by atoms with Gasteiger partial charge >= 0.3 is 0 Å². The van der Waals surface area contributed by atoms with Gasteiger partial charge in [0.25, 0.3) is 5.91 Å². The highest BCUT2D eigenvalue weighted by Gasteiger charge is 2.34. The van der Waals surface area contributed by atoms with Crippen LogP contribution in [0, 0.1) is 5.92 Å². The number of tetrazole rings is 1. The highest BCUT2D eigenvalue weighted by molar-refractivity contribution is 7.99. The molecule has 0 aliphatic carbocycles. The normalized spacial score (nSPS) is 16.8. The van der Waals surface area contributed by atoms with Crippen LogP contribution < -0.4 is 0 Å². The first kappa shape index (κ1) is 19.3. The zero-order valence-electron chi connectivity index (χ0n) is 15.6. The van der Waals surface area contributed by atoms with E-state index in [2.05, 4.69) is 46.6 Å². The second kappa shape index (κ2) is 8.54. The third-order valence-corrected chi connectivity index (χ3v) is 7.04. The number of carbonyl (C=O) groups is 1. The average molecular weight is 433 g/mol. The van der Waals surface area contributed by atoms with E-state index in [1.165, 1.54) is 11.8 Å². The zero-order valence-corrected chi connectivity index (χ0v) is 18.0. The Morgan fingerprint density at radius 1 is 1.29 bits per heavy atom. The van der Waals surface area contributed by atoms with Gasteiger partial charge in [-0.25, -0.2) is 9.69 Å². The molecule has 1 atom stereocenters. The molecule has 1 amide bonds. The van der Waals surface area contributed by atoms with Crippen molar-refractivity contribution in [3.8, 4) is 0 Å². The molecular formula is C18H20N6OS3. The molecule has 4 heterocycles. The van der Waals surface area contributed by atoms with Gasteiger partial charge in [0, 0.05) is 17.8 Å². The summed E-state index contributed by atoms with van der Waals surface area (Å²) in [7, 11) is 0. The van der Waals surface area contributed by atoms with Crippen molar-refractivity contribution in [3.05, 3.63) is 44.8 Å². The van der Waals surface area contributed by atoms with Crippen molar-refractivity contribution < 1.29 is 4.79 Å². The molecule has 7 nitrogen and oxygen atoms in total. The average Bonchev–Trinajstić information content (AvgIpc) is 3.46. The molecule has 1 aliphatic heterocycles. The summed E-state index contributed by atoms with van der Waals surface area (Å²) < 4.78 is 1.75. The summed E-state index contributed by atoms with van der Waals surface area (Å²) in [6.07, 6.45) is 0.739. The fourth-order valence-electron chi connectivity index (χ4n) is 2.99. The minimum absolute atomic E-state index is 0.0333. The summed E-state index contributed by atoms with van der Waals surface area (Å²) in [4.78, 5) is 15.3. The number of amides is 1. The van der Waals surface area contributed by atoms with Gasteiger partial charge in [0.1, 0.15) is 0 Å². The van der Waals surface area contributed by atoms with Crippen molar-refractivity contribution >= 4 is 46.1 Å². The molecule has 3 aromatic rings. The van der Waals surface area contributed by atoms with E-state index in [1.807, 2.05) is 22.9 Å². The number of carbonyl (C=O) groups excluding carboxylic acids is 1. The van der Waals surface area contributed by atoms with Gasteiger partial charge in [-0.2, -0.15) is 5.10 Å². The minimum atomic E-state index is -0.0446. The summed E-state index contributed by atoms with van der Waals surface area (Å²) in [6.45, 7) is 4.95. The lowest BCUT2D eigenvalue weighted by molar-refractivity contribution is -0.130. The van der Waals surface area contributed by atoms with Crippen LogP contribution in [0.25, 0.3) is 0 Å². The van der Waals surface area contributed by atoms with Gasteiger partial charge in [-0.1, -0.05) is 37.7 Å². The fourth-order valence-corrected chi connectivity index (χ4v) is 5.26. The van der Waals surface area contributed by atoms with Crippen LogP contribution in [-0.4, -0.2) is 42.6 Å². The number of thiophene rings is 2. The van der Waals surface area contributed by atoms with E-state index in [1.54, 1.807) is 32.4 Å². The third kappa shape index (κ3) is 4.18. The van der Waals surface area contributed by atoms with Crippen molar-refractivity contribution in [2.45, 2.75) is 38.0 Å². The lowest BCUT2D eigenvalue weighted by Crippen LogP contribution is -2.28. The van der Waals surface area contributed by atoms with Gasteiger partial charge in [0.2, 0.25) is 5.16 Å². The molecule has 0 fully saturated rings. The van der Waals surface area contributed by atoms with E-state index in [-0.39, 0.29) is 17.7 Å². The van der Waals surface area contributed by atoms with Gasteiger partial charge in [-0.3, -0.25) is 4.79 Å². The van der Waals surface area contributed by atoms with Crippen molar-refractivity contribution in [1.82, 2.24) is 25.2 Å². The van der Waals surface area contributed by atoms with Crippen LogP contribution in [0.15, 0.2) is 45.3 Å². The van der Waals surface area contributed by atoms with E-state index >= 15 is 0 Å². The predicted octanol–water partition coefficient (Wildman–Crippen LogP) is 3.92. The highest BCUT2D eigenvalue weighted by Crippen LogP contribution is 2.36. The maximum absolute atomic E-state index is 13.0. The molecule has 0 aromatic carbocycles. The SMILES string of the molecule is CC(C)Cn1nnnc1SCC(=O)N1N=C(c2cccs2)CC1c1cccs1. The van der Waals surface area contributed by atoms with Crippen LogP contribution in [-0.2, 0) is 11.3 Å². The Balaban J connectivity index is 1.50. The summed E-state index contributed by atoms with van der Waals surface area (Å²) in [5.74, 6) is 0.647. The first-order valence-corrected chi connectivity index (χ1v) is 11.7. The summed E-state index contributed by atoms with van der Waals surface area (Å²) >= 11 is 4.67. The van der Waals surface area contributed by atoms with Crippen LogP contribution in [0.4, 0.5) is 0 Å². The number of thioether (sulfide) groups is 1. The van der Waals surface area contributed by atoms with Gasteiger partial charge < -0.3 is 0 Å². The maximum Gasteiger partial charge on any atom is 0.253 e. The van der Waals surface area contributed by atoms with Gasteiger partial charge in [-0.05, 0) is 39.2 Å². The largest absolute Gasteiger partial charge is 0.272 e. The molecule has 0 saturated carbocycles. The van der Waals surface area contributed by atoms with Crippen LogP contribution in [0.2, 0.25) is 0 Å². The number of hydrogen-bond acceptors (Lipinski definition) is 8. The van der Waals surface area contributed by atoms with E-state index in [0.717, 1.165) is 28.4 Å². The number of hydrogen-bond donors (Lipinski definition) is 0. The standard InChI is InChI=1S/C18H20N6OS3/c1-12(2)10-23-18(19-21-22-23)28-11-17(25)24-14(16-6-4-8-27-16)9-13(20-24)15-5-3-7-26-15/h3-8,12,14H,9-11H2,1-2H3. The molecule has 28 heavy (non-hydrogen) atoms. The van der Waals surface area contributed by atoms with Crippen LogP contribution in [0.5, 0.6) is 0 Å². The quantitative estimate of drug-likeness (QED) is 0.529. The van der Waals surface area contributed by atoms with Crippen LogP contribution >= 0.6 is 34.4 Å². The topological polar surface area (TPSA) is 76.3 Å². The summed E-state index contributed by atoms with van der Waals surface area (Å²) in [5, 5.41) is 22.9. The molecule has 0 spiro atoms. The van der Waals surface area contributed by atoms with Crippen LogP contribution in [0.3, 0.4) is 0 Å². The highest BCUT2D eigenvalue weighted by atomic mass is 32.2. The first-order chi connectivity index (χ1) is 13.6. The first-order valence-electron chi connectivity index (χ1n) is 8.97. The Kier molecular flexibility index (Phi) is 5.88. The zero-order chi connectivity index (χ0) is 19.5. The van der Waals surface area contributed by atoms with E-state index in [9.17, 15) is 4.79 Å². The third-order valence-electron chi connectivity index (χ3n) is 4.20. The lowest BCUT2D eigenvalue weighted by atomic mass is 10.1. The summed E-state index contributed by atoms with van der Waals surface area (Å²) in [5.41, 5.74) is 0.969. The van der Waals surface area contributed by atoms with Crippen molar-refractivity contribution in [2.24, 2.45) is 11.0 Å². The smallest absolute Gasteiger partial charge is 0.253 e. The Morgan fingerprint density at radius 3 is 2.82 bits per heavy atom. The second-order valence-electron chi connectivity index (χ2n) is 6.82. The molecule has 4 rings (SSSR count). The molecule has 1 aliphatic rings. The number of aromatic nitrogens is 4. The molecule has 0 saturated heterocycles. The molecule has 0 bridgehead atoms. The number of hydrazone groups is 1. The van der Waals surface area contributed by atoms with Crippen molar-refractivity contribution in [3.63, 3.8) is 0 Å². The monoisotopic (exact) mass is 432 g/mol. The van der Waals surface area contributed by atoms with E-state index in [4.69, 9.17) is 0 Å². The predicted molar refractivity (Wildman–Crippen MR) is 113 cm³/mol. The lowest BCUT2D eigenvalue weighted by Gasteiger charge is -2.20. The maximum atomic E-state index is 13.0. The number of rotatable bonds is 7. The van der Waals surface area contributed by atoms with Crippen molar-refractivity contribution in [1.29, 1.82) is 0 Å². The van der Waals surface area contributed by atoms with Gasteiger partial charge in [0.15, 0.2) is 0 Å². The van der Waals surface area contributed by atoms with Crippen molar-refractivity contribution in [2.75, 3.05) is 5.75 Å². The molecular weight excluding hydrogens is 412 g/mol. The van der Waals surface area contributed by atoms with E-state index < -0.39 is 0 Å². The molecule has 0 radical (unpaired) electrons. The molecule has 146 valence electrons. The minimum Gasteiger partial charge on any atom is -0.272 e. The van der Waals surface area contributed by atoms with E-state index in [0.29, 0.717) is 11.1 Å². The molecule has 1 unspecified atom stereocenters. The second-order valence-corrected chi connectivity index (χ2v) is 9.69. The Labute approximate surface area is 175 Å². The molecule has 3 aromatic heterocycles. The fraction of sp³-hybridized carbons (Fsp3) is 0.389. The summed E-state index contributed by atoms with van der Waals surface area (Å²) in [6, 6.07) is 8.10.